The number of carbonyl (C=O) groups is 3. The third-order valence-corrected chi connectivity index (χ3v) is 9.91. The summed E-state index contributed by atoms with van der Waals surface area (Å²) in [5.41, 5.74) is 14.4. The Hall–Kier alpha value is -4.55. The van der Waals surface area contributed by atoms with Crippen molar-refractivity contribution < 1.29 is 60.8 Å². The fourth-order valence-electron chi connectivity index (χ4n) is 6.55. The fraction of sp³-hybridized carbons (Fsp3) is 0.485. The zero-order valence-corrected chi connectivity index (χ0v) is 30.7. The van der Waals surface area contributed by atoms with Gasteiger partial charge in [-0.25, -0.2) is 18.9 Å². The van der Waals surface area contributed by atoms with Crippen LogP contribution in [0.25, 0.3) is 27.8 Å². The molecule has 4 heterocycles. The molecule has 0 spiro atoms. The smallest absolute Gasteiger partial charge is 0.469 e. The number of halogens is 3. The van der Waals surface area contributed by atoms with E-state index >= 15 is 0 Å². The molecule has 1 saturated heterocycles. The maximum Gasteiger partial charge on any atom is 0.469 e. The second-order valence-corrected chi connectivity index (χ2v) is 14.7. The zero-order chi connectivity index (χ0) is 39.5. The number of fused-ring (bicyclic) bond motifs is 2. The summed E-state index contributed by atoms with van der Waals surface area (Å²) in [5.74, 6) is -2.98. The zero-order valence-electron chi connectivity index (χ0n) is 29.8. The van der Waals surface area contributed by atoms with Crippen LogP contribution in [0.5, 0.6) is 0 Å². The number of aromatic nitrogens is 4. The van der Waals surface area contributed by atoms with E-state index in [1.807, 2.05) is 10.7 Å². The Labute approximate surface area is 302 Å². The number of aryl methyl sites for hydroxylation is 1. The van der Waals surface area contributed by atoms with E-state index in [1.54, 1.807) is 6.33 Å². The molecule has 53 heavy (non-hydrogen) atoms. The molecule has 16 nitrogen and oxygen atoms in total. The Bertz CT molecular complexity index is 2020. The molecule has 4 aromatic rings. The van der Waals surface area contributed by atoms with Crippen LogP contribution in [-0.2, 0) is 23.4 Å². The van der Waals surface area contributed by atoms with Crippen molar-refractivity contribution in [2.45, 2.75) is 58.5 Å². The van der Waals surface area contributed by atoms with E-state index in [0.717, 1.165) is 46.4 Å². The molecule has 1 aliphatic heterocycles. The van der Waals surface area contributed by atoms with Gasteiger partial charge >= 0.3 is 20.1 Å². The molecule has 20 heteroatoms. The number of amides is 2. The number of benzene rings is 1. The van der Waals surface area contributed by atoms with Crippen molar-refractivity contribution in [3.05, 3.63) is 53.0 Å². The largest absolute Gasteiger partial charge is 0.542 e. The summed E-state index contributed by atoms with van der Waals surface area (Å²) in [7, 11) is -3.19. The topological polar surface area (TPSA) is 226 Å². The van der Waals surface area contributed by atoms with Gasteiger partial charge in [0.25, 0.3) is 5.91 Å². The van der Waals surface area contributed by atoms with Gasteiger partial charge < -0.3 is 40.0 Å². The monoisotopic (exact) mass is 769 g/mol. The average Bonchev–Trinajstić information content (AvgIpc) is 3.69. The fourth-order valence-corrected chi connectivity index (χ4v) is 6.87. The van der Waals surface area contributed by atoms with E-state index in [2.05, 4.69) is 65.5 Å². The van der Waals surface area contributed by atoms with Crippen molar-refractivity contribution in [2.24, 2.45) is 5.73 Å². The number of rotatable bonds is 11. The molecule has 0 aliphatic carbocycles. The van der Waals surface area contributed by atoms with Crippen molar-refractivity contribution in [1.29, 1.82) is 0 Å². The van der Waals surface area contributed by atoms with Gasteiger partial charge in [0.15, 0.2) is 12.2 Å². The van der Waals surface area contributed by atoms with Crippen LogP contribution in [0.4, 0.5) is 18.0 Å². The number of likely N-dealkylation sites (N-methyl/N-ethyl adjacent to an activating group) is 1. The molecule has 2 amide bonds. The number of carboxylic acid groups (broad SMARTS) is 1. The first-order chi connectivity index (χ1) is 24.6. The van der Waals surface area contributed by atoms with Gasteiger partial charge in [-0.15, -0.1) is 0 Å². The minimum atomic E-state index is -5.19. The number of alkyl halides is 3. The third kappa shape index (κ3) is 10.1. The summed E-state index contributed by atoms with van der Waals surface area (Å²) in [4.78, 5) is 60.4. The Balaban J connectivity index is 0.000000815. The van der Waals surface area contributed by atoms with E-state index < -0.39 is 32.0 Å². The van der Waals surface area contributed by atoms with Crippen LogP contribution in [0.1, 0.15) is 60.8 Å². The molecule has 0 atom stereocenters. The summed E-state index contributed by atoms with van der Waals surface area (Å²) in [6.07, 6.45) is -0.706. The van der Waals surface area contributed by atoms with Crippen LogP contribution in [0, 0.1) is 13.8 Å². The van der Waals surface area contributed by atoms with Crippen LogP contribution in [0.3, 0.4) is 0 Å². The number of carbonyl (C=O) groups excluding carboxylic acids is 3. The molecular formula is C33H43F3N7O9P. The number of hydrogen-bond donors (Lipinski definition) is 4. The molecule has 1 aromatic carbocycles. The number of carboxylic acids is 1. The third-order valence-electron chi connectivity index (χ3n) is 9.39. The summed E-state index contributed by atoms with van der Waals surface area (Å²) < 4.78 is 54.4. The number of nitrogens with one attached hydrogen (secondary N) is 1. The molecule has 0 saturated carbocycles. The van der Waals surface area contributed by atoms with Gasteiger partial charge in [0.2, 0.25) is 6.73 Å². The maximum absolute atomic E-state index is 12.6. The molecule has 1 aliphatic rings. The number of nitrogens with two attached hydrogens (primary N) is 1. The Kier molecular flexibility index (Phi) is 12.6. The number of piperidine rings is 1. The second-order valence-electron chi connectivity index (χ2n) is 13.5. The second kappa shape index (κ2) is 16.2. The molecule has 3 aromatic heterocycles. The normalized spacial score (nSPS) is 17.8. The molecule has 0 radical (unpaired) electrons. The van der Waals surface area contributed by atoms with Gasteiger partial charge in [-0.3, -0.25) is 13.8 Å². The minimum Gasteiger partial charge on any atom is -0.542 e. The lowest BCUT2D eigenvalue weighted by Crippen LogP contribution is -2.58. The number of phosphoric ester groups is 1. The first kappa shape index (κ1) is 41.2. The van der Waals surface area contributed by atoms with Crippen molar-refractivity contribution >= 4 is 42.3 Å². The van der Waals surface area contributed by atoms with Crippen LogP contribution >= 0.6 is 7.82 Å². The first-order valence-electron chi connectivity index (χ1n) is 16.6. The lowest BCUT2D eigenvalue weighted by atomic mass is 9.86. The van der Waals surface area contributed by atoms with Gasteiger partial charge in [-0.05, 0) is 60.1 Å². The van der Waals surface area contributed by atoms with E-state index in [9.17, 15) is 27.3 Å². The lowest BCUT2D eigenvalue weighted by molar-refractivity contribution is -0.941. The SMILES string of the molecule is Cc1c(-c2[nH]c3ccc(C4CC[N+](COC(=O)N(C)CCOP(=O)(O)O)(CC(N)=O)CC4)cc3c2C(C)C)cn2ncnc2c1C.O=C([O-])C(F)(F)F. The Morgan fingerprint density at radius 1 is 1.19 bits per heavy atom. The van der Waals surface area contributed by atoms with E-state index in [-0.39, 0.29) is 42.7 Å². The minimum absolute atomic E-state index is 0.0369. The number of aromatic amines is 1. The highest BCUT2D eigenvalue weighted by molar-refractivity contribution is 7.46. The Morgan fingerprint density at radius 2 is 1.83 bits per heavy atom. The standard InChI is InChI=1S/C31H42N7O7P.C2HF3O2/c1-19(2)28-24-14-23(6-7-26(24)35-29(28)25-15-37-30(33-17-34-37)21(4)20(25)3)22-8-11-38(12-9-22,16-27(32)39)18-44-31(40)36(5)10-13-45-46(41,42)43;3-2(4,5)1(6)7/h6-7,14-15,17,19,22,35H,8-13,16,18H2,1-5H3,(H3-,32,39,41,42,43);(H,6,7). The number of quaternary nitrogens is 1. The number of aliphatic carboxylic acids is 1. The number of primary amides is 1. The summed E-state index contributed by atoms with van der Waals surface area (Å²) >= 11 is 0. The number of pyridine rings is 1. The maximum atomic E-state index is 12.6. The number of nitrogens with zero attached hydrogens (tertiary/aromatic N) is 5. The molecular weight excluding hydrogens is 726 g/mol. The summed E-state index contributed by atoms with van der Waals surface area (Å²) in [5, 5.41) is 14.4. The molecule has 5 rings (SSSR count). The van der Waals surface area contributed by atoms with E-state index in [1.165, 1.54) is 28.5 Å². The molecule has 0 unspecified atom stereocenters. The molecule has 5 N–H and O–H groups in total. The van der Waals surface area contributed by atoms with Gasteiger partial charge in [-0.2, -0.15) is 18.3 Å². The Morgan fingerprint density at radius 3 is 2.40 bits per heavy atom. The highest BCUT2D eigenvalue weighted by Crippen LogP contribution is 2.40. The number of ether oxygens (including phenoxy) is 1. The quantitative estimate of drug-likeness (QED) is 0.128. The molecule has 0 bridgehead atoms. The van der Waals surface area contributed by atoms with Gasteiger partial charge in [-0.1, -0.05) is 19.9 Å². The van der Waals surface area contributed by atoms with Gasteiger partial charge in [0.1, 0.15) is 12.3 Å². The summed E-state index contributed by atoms with van der Waals surface area (Å²) in [6.45, 7) is 9.37. The molecule has 1 fully saturated rings. The van der Waals surface area contributed by atoms with Crippen molar-refractivity contribution in [3.8, 4) is 11.3 Å². The highest BCUT2D eigenvalue weighted by Gasteiger charge is 2.38. The van der Waals surface area contributed by atoms with Crippen LogP contribution < -0.4 is 10.8 Å². The average molecular weight is 770 g/mol. The summed E-state index contributed by atoms with van der Waals surface area (Å²) in [6, 6.07) is 6.59. The van der Waals surface area contributed by atoms with Gasteiger partial charge in [0.05, 0.1) is 25.4 Å². The molecule has 290 valence electrons. The van der Waals surface area contributed by atoms with Crippen LogP contribution in [-0.4, -0.2) is 109 Å². The van der Waals surface area contributed by atoms with Gasteiger partial charge in [0, 0.05) is 49.1 Å². The van der Waals surface area contributed by atoms with Crippen molar-refractivity contribution in [2.75, 3.05) is 46.6 Å². The van der Waals surface area contributed by atoms with E-state index in [4.69, 9.17) is 30.2 Å². The van der Waals surface area contributed by atoms with E-state index in [0.29, 0.717) is 13.1 Å². The highest BCUT2D eigenvalue weighted by atomic mass is 31.2. The lowest BCUT2D eigenvalue weighted by Gasteiger charge is -2.42. The number of phosphoric acid groups is 1. The van der Waals surface area contributed by atoms with Crippen LogP contribution in [0.2, 0.25) is 0 Å². The van der Waals surface area contributed by atoms with Crippen molar-refractivity contribution in [1.82, 2.24) is 24.5 Å². The number of hydrogen-bond acceptors (Lipinski definition) is 9. The van der Waals surface area contributed by atoms with Crippen LogP contribution in [0.15, 0.2) is 30.7 Å². The number of H-pyrrole nitrogens is 1. The van der Waals surface area contributed by atoms with Crippen molar-refractivity contribution in [3.63, 3.8) is 0 Å². The predicted octanol–water partition coefficient (Wildman–Crippen LogP) is 3.23. The predicted molar refractivity (Wildman–Crippen MR) is 183 cm³/mol. The number of likely N-dealkylation sites (tertiary alicyclic amines) is 1. The first-order valence-corrected chi connectivity index (χ1v) is 18.1.